The molecule has 1 atom stereocenters. The number of fused-ring (bicyclic) bond motifs is 2. The predicted octanol–water partition coefficient (Wildman–Crippen LogP) is 6.52. The van der Waals surface area contributed by atoms with Gasteiger partial charge in [0.25, 0.3) is 0 Å². The molecular weight excluding hydrogens is 471 g/mol. The van der Waals surface area contributed by atoms with Crippen LogP contribution in [0.1, 0.15) is 47.7 Å². The van der Waals surface area contributed by atoms with E-state index in [0.29, 0.717) is 22.6 Å². The first-order chi connectivity index (χ1) is 17.5. The fourth-order valence-electron chi connectivity index (χ4n) is 6.00. The number of rotatable bonds is 3. The predicted molar refractivity (Wildman–Crippen MR) is 139 cm³/mol. The van der Waals surface area contributed by atoms with E-state index in [1.165, 1.54) is 28.5 Å². The van der Waals surface area contributed by atoms with Gasteiger partial charge in [0.2, 0.25) is 5.91 Å². The molecule has 0 saturated heterocycles. The largest absolute Gasteiger partial charge is 0.301 e. The van der Waals surface area contributed by atoms with Crippen molar-refractivity contribution in [2.24, 2.45) is 5.41 Å². The number of amides is 1. The van der Waals surface area contributed by atoms with Crippen LogP contribution in [0, 0.1) is 11.2 Å². The molecule has 0 spiro atoms. The van der Waals surface area contributed by atoms with Crippen molar-refractivity contribution in [3.8, 4) is 11.3 Å². The van der Waals surface area contributed by atoms with E-state index < -0.39 is 5.41 Å². The summed E-state index contributed by atoms with van der Waals surface area (Å²) in [4.78, 5) is 28.0. The van der Waals surface area contributed by atoms with Gasteiger partial charge in [0.1, 0.15) is 5.82 Å². The van der Waals surface area contributed by atoms with E-state index in [0.717, 1.165) is 22.3 Å². The molecule has 7 heteroatoms. The van der Waals surface area contributed by atoms with E-state index in [1.807, 2.05) is 42.6 Å². The molecule has 3 aliphatic rings. The van der Waals surface area contributed by atoms with Gasteiger partial charge in [-0.3, -0.25) is 14.8 Å². The summed E-state index contributed by atoms with van der Waals surface area (Å²) in [5.74, 6) is -0.498. The number of aromatic nitrogens is 3. The van der Waals surface area contributed by atoms with Crippen LogP contribution >= 0.6 is 11.3 Å². The Bertz CT molecular complexity index is 1630. The first-order valence-electron chi connectivity index (χ1n) is 11.9. The zero-order chi connectivity index (χ0) is 24.4. The SMILES string of the molecule is CC1(C(=O)Nc2nc(-c3ccc(F)c4ccccc34)cs2)CC2c3cccnc3C1c1ncccc12. The molecular formula is C29H21FN4OS. The van der Waals surface area contributed by atoms with Gasteiger partial charge in [-0.1, -0.05) is 36.4 Å². The van der Waals surface area contributed by atoms with Crippen LogP contribution in [0.4, 0.5) is 9.52 Å². The Balaban J connectivity index is 1.24. The van der Waals surface area contributed by atoms with Crippen LogP contribution in [0.5, 0.6) is 0 Å². The Kier molecular flexibility index (Phi) is 4.60. The molecule has 1 unspecified atom stereocenters. The number of benzene rings is 2. The summed E-state index contributed by atoms with van der Waals surface area (Å²) in [6, 6.07) is 18.7. The molecule has 0 aliphatic heterocycles. The van der Waals surface area contributed by atoms with Crippen molar-refractivity contribution in [2.75, 3.05) is 5.32 Å². The fourth-order valence-corrected chi connectivity index (χ4v) is 6.70. The maximum atomic E-state index is 14.3. The number of nitrogens with one attached hydrogen (secondary N) is 1. The highest BCUT2D eigenvalue weighted by Crippen LogP contribution is 2.60. The van der Waals surface area contributed by atoms with E-state index in [9.17, 15) is 9.18 Å². The topological polar surface area (TPSA) is 67.8 Å². The summed E-state index contributed by atoms with van der Waals surface area (Å²) >= 11 is 1.37. The van der Waals surface area contributed by atoms with Gasteiger partial charge in [0.15, 0.2) is 5.13 Å². The third-order valence-electron chi connectivity index (χ3n) is 7.70. The fraction of sp³-hybridized carbons (Fsp3) is 0.172. The molecule has 36 heavy (non-hydrogen) atoms. The number of thiazole rings is 1. The van der Waals surface area contributed by atoms with Crippen molar-refractivity contribution in [2.45, 2.75) is 25.2 Å². The van der Waals surface area contributed by atoms with Crippen molar-refractivity contribution >= 4 is 33.1 Å². The van der Waals surface area contributed by atoms with Crippen molar-refractivity contribution in [3.05, 3.63) is 107 Å². The Labute approximate surface area is 211 Å². The second-order valence-corrected chi connectivity index (χ2v) is 10.6. The van der Waals surface area contributed by atoms with Gasteiger partial charge in [-0.05, 0) is 54.1 Å². The molecule has 5 aromatic rings. The summed E-state index contributed by atoms with van der Waals surface area (Å²) < 4.78 is 14.3. The highest BCUT2D eigenvalue weighted by molar-refractivity contribution is 7.14. The quantitative estimate of drug-likeness (QED) is 0.311. The zero-order valence-corrected chi connectivity index (χ0v) is 20.2. The lowest BCUT2D eigenvalue weighted by atomic mass is 9.55. The molecule has 1 amide bonds. The number of halogens is 1. The lowest BCUT2D eigenvalue weighted by Gasteiger charge is -2.48. The molecule has 0 saturated carbocycles. The van der Waals surface area contributed by atoms with Crippen LogP contribution in [0.25, 0.3) is 22.0 Å². The van der Waals surface area contributed by atoms with Gasteiger partial charge in [-0.25, -0.2) is 9.37 Å². The summed E-state index contributed by atoms with van der Waals surface area (Å²) in [6.07, 6.45) is 4.27. The lowest BCUT2D eigenvalue weighted by Crippen LogP contribution is -2.48. The third kappa shape index (κ3) is 2.99. The molecule has 1 N–H and O–H groups in total. The van der Waals surface area contributed by atoms with Crippen LogP contribution < -0.4 is 5.32 Å². The molecule has 3 aromatic heterocycles. The van der Waals surface area contributed by atoms with Crippen LogP contribution in [0.15, 0.2) is 78.4 Å². The van der Waals surface area contributed by atoms with Gasteiger partial charge in [0.05, 0.1) is 28.4 Å². The zero-order valence-electron chi connectivity index (χ0n) is 19.4. The second-order valence-electron chi connectivity index (χ2n) is 9.70. The number of hydrogen-bond acceptors (Lipinski definition) is 5. The number of hydrogen-bond donors (Lipinski definition) is 1. The number of nitrogens with zero attached hydrogens (tertiary/aromatic N) is 3. The highest BCUT2D eigenvalue weighted by Gasteiger charge is 2.55. The van der Waals surface area contributed by atoms with Crippen molar-refractivity contribution in [1.82, 2.24) is 15.0 Å². The minimum Gasteiger partial charge on any atom is -0.301 e. The highest BCUT2D eigenvalue weighted by atomic mass is 32.1. The third-order valence-corrected chi connectivity index (χ3v) is 8.45. The minimum atomic E-state index is -0.720. The van der Waals surface area contributed by atoms with Crippen LogP contribution in [-0.4, -0.2) is 20.9 Å². The van der Waals surface area contributed by atoms with Gasteiger partial charge < -0.3 is 5.32 Å². The monoisotopic (exact) mass is 492 g/mol. The van der Waals surface area contributed by atoms with Crippen LogP contribution in [0.2, 0.25) is 0 Å². The molecule has 8 rings (SSSR count). The summed E-state index contributed by atoms with van der Waals surface area (Å²) in [5, 5.41) is 6.86. The van der Waals surface area contributed by atoms with E-state index >= 15 is 0 Å². The number of carbonyl (C=O) groups excluding carboxylic acids is 1. The first kappa shape index (κ1) is 21.3. The van der Waals surface area contributed by atoms with Crippen molar-refractivity contribution in [1.29, 1.82) is 0 Å². The van der Waals surface area contributed by atoms with Crippen molar-refractivity contribution < 1.29 is 9.18 Å². The first-order valence-corrected chi connectivity index (χ1v) is 12.8. The maximum Gasteiger partial charge on any atom is 0.233 e. The van der Waals surface area contributed by atoms with Gasteiger partial charge in [0, 0.05) is 34.6 Å². The standard InChI is InChI=1S/C29H21FN4OS/c1-29(14-21-19-8-4-12-31-25(19)24(29)26-20(21)9-5-13-32-26)27(35)34-28-33-23(15-36-28)18-10-11-22(30)17-7-3-2-6-16(17)18/h2-13,15,21,24H,14H2,1H3,(H,33,34,35). The normalized spacial score (nSPS) is 21.7. The summed E-state index contributed by atoms with van der Waals surface area (Å²) in [6.45, 7) is 2.01. The van der Waals surface area contributed by atoms with Gasteiger partial charge in [-0.2, -0.15) is 0 Å². The average molecular weight is 493 g/mol. The van der Waals surface area contributed by atoms with E-state index in [4.69, 9.17) is 15.0 Å². The van der Waals surface area contributed by atoms with E-state index in [-0.39, 0.29) is 23.6 Å². The number of pyridine rings is 2. The molecule has 3 aliphatic carbocycles. The Morgan fingerprint density at radius 1 is 0.972 bits per heavy atom. The summed E-state index contributed by atoms with van der Waals surface area (Å²) in [5.41, 5.74) is 5.08. The lowest BCUT2D eigenvalue weighted by molar-refractivity contribution is -0.127. The number of anilines is 1. The number of carbonyl (C=O) groups is 1. The van der Waals surface area contributed by atoms with Crippen LogP contribution in [-0.2, 0) is 4.79 Å². The molecule has 0 radical (unpaired) electrons. The van der Waals surface area contributed by atoms with E-state index in [1.54, 1.807) is 24.5 Å². The average Bonchev–Trinajstić information content (AvgIpc) is 3.37. The smallest absolute Gasteiger partial charge is 0.233 e. The van der Waals surface area contributed by atoms with Crippen molar-refractivity contribution in [3.63, 3.8) is 0 Å². The summed E-state index contributed by atoms with van der Waals surface area (Å²) in [7, 11) is 0. The maximum absolute atomic E-state index is 14.3. The molecule has 0 fully saturated rings. The molecule has 2 aromatic carbocycles. The molecule has 176 valence electrons. The van der Waals surface area contributed by atoms with Crippen LogP contribution in [0.3, 0.4) is 0 Å². The Morgan fingerprint density at radius 3 is 2.39 bits per heavy atom. The molecule has 2 bridgehead atoms. The Morgan fingerprint density at radius 2 is 1.67 bits per heavy atom. The molecule has 5 nitrogen and oxygen atoms in total. The van der Waals surface area contributed by atoms with Gasteiger partial charge in [-0.15, -0.1) is 11.3 Å². The molecule has 3 heterocycles. The second kappa shape index (κ2) is 7.77. The van der Waals surface area contributed by atoms with E-state index in [2.05, 4.69) is 17.4 Å². The minimum absolute atomic E-state index is 0.0792. The van der Waals surface area contributed by atoms with Gasteiger partial charge >= 0.3 is 0 Å². The Hall–Kier alpha value is -3.97.